The summed E-state index contributed by atoms with van der Waals surface area (Å²) < 4.78 is 15.5. The Kier molecular flexibility index (Phi) is 8.13. The number of carboxylic acid groups (broad SMARTS) is 1. The van der Waals surface area contributed by atoms with Crippen molar-refractivity contribution >= 4 is 40.8 Å². The second kappa shape index (κ2) is 11.3. The maximum Gasteiger partial charge on any atom is 0.345 e. The van der Waals surface area contributed by atoms with Gasteiger partial charge in [0.15, 0.2) is 5.78 Å². The molecule has 0 aromatic heterocycles. The number of hydrogen-bond donors (Lipinski definition) is 2. The van der Waals surface area contributed by atoms with Gasteiger partial charge in [-0.1, -0.05) is 52.2 Å². The van der Waals surface area contributed by atoms with Crippen LogP contribution < -0.4 is 10.2 Å². The zero-order valence-electron chi connectivity index (χ0n) is 22.4. The highest BCUT2D eigenvalue weighted by molar-refractivity contribution is 6.13. The van der Waals surface area contributed by atoms with Gasteiger partial charge in [0.25, 0.3) is 0 Å². The van der Waals surface area contributed by atoms with Crippen molar-refractivity contribution in [1.82, 2.24) is 5.01 Å². The Hall–Kier alpha value is -4.08. The molecule has 1 saturated carbocycles. The Morgan fingerprint density at radius 3 is 2.41 bits per heavy atom. The van der Waals surface area contributed by atoms with E-state index < -0.39 is 35.7 Å². The van der Waals surface area contributed by atoms with Crippen molar-refractivity contribution < 1.29 is 28.7 Å². The summed E-state index contributed by atoms with van der Waals surface area (Å²) >= 11 is 0. The molecular weight excluding hydrogens is 503 g/mol. The number of aromatic carboxylic acids is 1. The van der Waals surface area contributed by atoms with Crippen LogP contribution in [0.3, 0.4) is 0 Å². The van der Waals surface area contributed by atoms with E-state index in [1.54, 1.807) is 26.8 Å². The van der Waals surface area contributed by atoms with Crippen LogP contribution in [0.2, 0.25) is 0 Å². The molecule has 206 valence electrons. The molecule has 2 N–H and O–H groups in total. The van der Waals surface area contributed by atoms with Crippen LogP contribution in [0.25, 0.3) is 0 Å². The number of carbonyl (C=O) groups is 4. The Morgan fingerprint density at radius 2 is 1.74 bits per heavy atom. The number of fused-ring (bicyclic) bond motifs is 1. The number of nitrogens with zero attached hydrogens (tertiary/aromatic N) is 3. The van der Waals surface area contributed by atoms with Crippen molar-refractivity contribution in [3.63, 3.8) is 0 Å². The first-order valence-electron chi connectivity index (χ1n) is 13.1. The summed E-state index contributed by atoms with van der Waals surface area (Å²) in [4.78, 5) is 52.5. The van der Waals surface area contributed by atoms with Gasteiger partial charge in [0.2, 0.25) is 5.91 Å². The predicted octanol–water partition coefficient (Wildman–Crippen LogP) is 5.30. The number of ketones is 1. The second-order valence-corrected chi connectivity index (χ2v) is 11.0. The van der Waals surface area contributed by atoms with Crippen molar-refractivity contribution in [3.05, 3.63) is 59.4 Å². The fraction of sp³-hybridized carbons (Fsp3) is 0.414. The van der Waals surface area contributed by atoms with E-state index in [9.17, 15) is 24.3 Å². The molecule has 4 rings (SSSR count). The molecule has 0 unspecified atom stereocenters. The SMILES string of the molecule is CC(C)(C)C(=O)CN1C(=O)N(CC(=O)Nc2cccc(C(=O)O)c2)N=C(C2CCCCC2)c2c(F)cccc21. The zero-order valence-corrected chi connectivity index (χ0v) is 22.4. The summed E-state index contributed by atoms with van der Waals surface area (Å²) in [6.45, 7) is 4.40. The summed E-state index contributed by atoms with van der Waals surface area (Å²) in [5, 5.41) is 17.4. The molecule has 1 heterocycles. The van der Waals surface area contributed by atoms with E-state index in [1.807, 2.05) is 0 Å². The van der Waals surface area contributed by atoms with E-state index in [2.05, 4.69) is 10.4 Å². The molecule has 1 aliphatic heterocycles. The Balaban J connectivity index is 1.73. The number of hydrogen-bond acceptors (Lipinski definition) is 5. The smallest absolute Gasteiger partial charge is 0.345 e. The van der Waals surface area contributed by atoms with Crippen molar-refractivity contribution in [2.45, 2.75) is 52.9 Å². The van der Waals surface area contributed by atoms with E-state index in [-0.39, 0.29) is 40.7 Å². The van der Waals surface area contributed by atoms with E-state index in [0.29, 0.717) is 5.71 Å². The lowest BCUT2D eigenvalue weighted by Gasteiger charge is -2.28. The normalized spacial score (nSPS) is 16.3. The molecule has 0 bridgehead atoms. The number of Topliss-reactive ketones (excluding diaryl/α,β-unsaturated/α-hetero) is 1. The third-order valence-electron chi connectivity index (χ3n) is 7.04. The summed E-state index contributed by atoms with van der Waals surface area (Å²) in [5.74, 6) is -2.66. The molecule has 0 atom stereocenters. The zero-order chi connectivity index (χ0) is 28.3. The topological polar surface area (TPSA) is 119 Å². The minimum Gasteiger partial charge on any atom is -0.478 e. The van der Waals surface area contributed by atoms with Gasteiger partial charge in [-0.05, 0) is 43.2 Å². The fourth-order valence-electron chi connectivity index (χ4n) is 4.82. The first-order chi connectivity index (χ1) is 18.5. The van der Waals surface area contributed by atoms with Gasteiger partial charge in [-0.2, -0.15) is 5.10 Å². The van der Waals surface area contributed by atoms with Crippen LogP contribution in [0, 0.1) is 17.2 Å². The van der Waals surface area contributed by atoms with Gasteiger partial charge in [0.1, 0.15) is 12.4 Å². The number of anilines is 2. The second-order valence-electron chi connectivity index (χ2n) is 11.0. The van der Waals surface area contributed by atoms with Gasteiger partial charge in [0.05, 0.1) is 29.1 Å². The van der Waals surface area contributed by atoms with E-state index in [1.165, 1.54) is 41.3 Å². The molecule has 2 aromatic carbocycles. The number of halogens is 1. The van der Waals surface area contributed by atoms with E-state index in [0.717, 1.165) is 37.1 Å². The molecular formula is C29H33FN4O5. The average molecular weight is 537 g/mol. The highest BCUT2D eigenvalue weighted by Crippen LogP contribution is 2.36. The molecule has 2 aliphatic rings. The number of urea groups is 1. The molecule has 0 saturated heterocycles. The van der Waals surface area contributed by atoms with Crippen molar-refractivity contribution in [2.24, 2.45) is 16.4 Å². The summed E-state index contributed by atoms with van der Waals surface area (Å²) in [7, 11) is 0. The molecule has 2 aromatic rings. The van der Waals surface area contributed by atoms with Crippen LogP contribution >= 0.6 is 0 Å². The fourth-order valence-corrected chi connectivity index (χ4v) is 4.82. The number of benzene rings is 2. The monoisotopic (exact) mass is 536 g/mol. The maximum atomic E-state index is 15.5. The van der Waals surface area contributed by atoms with Crippen molar-refractivity contribution in [2.75, 3.05) is 23.3 Å². The number of carbonyl (C=O) groups excluding carboxylic acids is 3. The van der Waals surface area contributed by atoms with Crippen molar-refractivity contribution in [1.29, 1.82) is 0 Å². The van der Waals surface area contributed by atoms with Crippen LogP contribution in [-0.4, -0.2) is 52.6 Å². The highest BCUT2D eigenvalue weighted by atomic mass is 19.1. The van der Waals surface area contributed by atoms with Crippen LogP contribution in [0.15, 0.2) is 47.6 Å². The van der Waals surface area contributed by atoms with Gasteiger partial charge < -0.3 is 10.4 Å². The minimum absolute atomic E-state index is 0.00551. The van der Waals surface area contributed by atoms with E-state index >= 15 is 4.39 Å². The van der Waals surface area contributed by atoms with Crippen LogP contribution in [0.4, 0.5) is 20.6 Å². The Labute approximate surface area is 226 Å². The molecule has 1 aliphatic carbocycles. The first kappa shape index (κ1) is 27.9. The van der Waals surface area contributed by atoms with Crippen molar-refractivity contribution in [3.8, 4) is 0 Å². The molecule has 9 nitrogen and oxygen atoms in total. The summed E-state index contributed by atoms with van der Waals surface area (Å²) in [6.07, 6.45) is 4.47. The molecule has 10 heteroatoms. The molecule has 39 heavy (non-hydrogen) atoms. The lowest BCUT2D eigenvalue weighted by atomic mass is 9.82. The lowest BCUT2D eigenvalue weighted by molar-refractivity contribution is -0.124. The Bertz CT molecular complexity index is 1330. The van der Waals surface area contributed by atoms with Crippen LogP contribution in [-0.2, 0) is 9.59 Å². The largest absolute Gasteiger partial charge is 0.478 e. The molecule has 0 radical (unpaired) electrons. The Morgan fingerprint density at radius 1 is 1.05 bits per heavy atom. The highest BCUT2D eigenvalue weighted by Gasteiger charge is 2.37. The number of carboxylic acids is 1. The quantitative estimate of drug-likeness (QED) is 0.497. The van der Waals surface area contributed by atoms with Gasteiger partial charge in [-0.3, -0.25) is 14.5 Å². The maximum absolute atomic E-state index is 15.5. The van der Waals surface area contributed by atoms with Gasteiger partial charge in [-0.25, -0.2) is 19.0 Å². The molecule has 0 spiro atoms. The van der Waals surface area contributed by atoms with E-state index in [4.69, 9.17) is 0 Å². The van der Waals surface area contributed by atoms with Gasteiger partial charge >= 0.3 is 12.0 Å². The van der Waals surface area contributed by atoms with Gasteiger partial charge in [-0.15, -0.1) is 0 Å². The van der Waals surface area contributed by atoms with Gasteiger partial charge in [0, 0.05) is 17.0 Å². The minimum atomic E-state index is -1.14. The third-order valence-corrected chi connectivity index (χ3v) is 7.04. The number of rotatable bonds is 7. The summed E-state index contributed by atoms with van der Waals surface area (Å²) in [5.41, 5.74) is 0.296. The lowest BCUT2D eigenvalue weighted by Crippen LogP contribution is -2.47. The molecule has 3 amide bonds. The average Bonchev–Trinajstić information content (AvgIpc) is 3.00. The first-order valence-corrected chi connectivity index (χ1v) is 13.1. The standard InChI is InChI=1S/C29H33FN4O5/c1-29(2,3)23(35)16-33-22-14-8-13-21(30)25(22)26(18-9-5-4-6-10-18)32-34(28(33)39)17-24(36)31-20-12-7-11-19(15-20)27(37)38/h7-8,11-15,18H,4-6,9-10,16-17H2,1-3H3,(H,31,36)(H,37,38). The van der Waals surface area contributed by atoms with Crippen LogP contribution in [0.1, 0.15) is 68.8 Å². The predicted molar refractivity (Wildman–Crippen MR) is 145 cm³/mol. The molecule has 1 fully saturated rings. The summed E-state index contributed by atoms with van der Waals surface area (Å²) in [6, 6.07) is 9.41. The third kappa shape index (κ3) is 6.32. The van der Waals surface area contributed by atoms with Crippen LogP contribution in [0.5, 0.6) is 0 Å². The number of nitrogens with one attached hydrogen (secondary N) is 1. The number of amides is 3. The number of hydrazone groups is 1.